The normalized spacial score (nSPS) is 10.4. The van der Waals surface area contributed by atoms with Crippen LogP contribution in [0.15, 0.2) is 47.6 Å². The lowest BCUT2D eigenvalue weighted by Crippen LogP contribution is -2.16. The zero-order valence-electron chi connectivity index (χ0n) is 14.3. The van der Waals surface area contributed by atoms with Gasteiger partial charge in [-0.05, 0) is 30.7 Å². The Morgan fingerprint density at radius 2 is 2.11 bits per heavy atom. The minimum Gasteiger partial charge on any atom is -0.335 e. The minimum atomic E-state index is -0.249. The number of halogens is 1. The summed E-state index contributed by atoms with van der Waals surface area (Å²) in [5.74, 6) is 6.47. The summed E-state index contributed by atoms with van der Waals surface area (Å²) in [5.41, 5.74) is 2.78. The Morgan fingerprint density at radius 1 is 1.33 bits per heavy atom. The van der Waals surface area contributed by atoms with Crippen LogP contribution >= 0.6 is 23.4 Å². The summed E-state index contributed by atoms with van der Waals surface area (Å²) in [6, 6.07) is 14.4. The molecule has 2 aromatic carbocycles. The Kier molecular flexibility index (Phi) is 5.64. The summed E-state index contributed by atoms with van der Waals surface area (Å²) in [5, 5.41) is 20.5. The summed E-state index contributed by atoms with van der Waals surface area (Å²) >= 11 is 7.14. The number of carbonyl (C=O) groups excluding carboxylic acids is 1. The molecule has 0 unspecified atom stereocenters. The van der Waals surface area contributed by atoms with E-state index in [0.717, 1.165) is 11.1 Å². The van der Waals surface area contributed by atoms with Crippen molar-refractivity contribution < 1.29 is 4.79 Å². The Hall–Kier alpha value is -3.02. The molecule has 0 spiro atoms. The van der Waals surface area contributed by atoms with Crippen LogP contribution in [0.25, 0.3) is 11.4 Å². The first kappa shape index (κ1) is 18.8. The number of thioether (sulfide) groups is 1. The van der Waals surface area contributed by atoms with Crippen LogP contribution in [0.5, 0.6) is 0 Å². The van der Waals surface area contributed by atoms with Gasteiger partial charge in [-0.3, -0.25) is 4.79 Å². The van der Waals surface area contributed by atoms with Crippen LogP contribution in [-0.2, 0) is 4.79 Å². The number of hydrogen-bond acceptors (Lipinski definition) is 6. The maximum absolute atomic E-state index is 12.2. The van der Waals surface area contributed by atoms with Gasteiger partial charge in [-0.2, -0.15) is 5.26 Å². The highest BCUT2D eigenvalue weighted by Crippen LogP contribution is 2.24. The number of aryl methyl sites for hydroxylation is 1. The number of anilines is 1. The van der Waals surface area contributed by atoms with Gasteiger partial charge in [-0.15, -0.1) is 10.2 Å². The van der Waals surface area contributed by atoms with Gasteiger partial charge in [-0.25, -0.2) is 4.68 Å². The molecule has 0 atom stereocenters. The first-order valence-corrected chi connectivity index (χ1v) is 9.24. The van der Waals surface area contributed by atoms with Crippen molar-refractivity contribution >= 4 is 35.0 Å². The molecule has 3 aromatic rings. The lowest BCUT2D eigenvalue weighted by Gasteiger charge is -2.07. The van der Waals surface area contributed by atoms with Crippen molar-refractivity contribution in [2.24, 2.45) is 0 Å². The molecule has 27 heavy (non-hydrogen) atoms. The summed E-state index contributed by atoms with van der Waals surface area (Å²) in [6.45, 7) is 1.97. The molecule has 0 fully saturated rings. The van der Waals surface area contributed by atoms with Gasteiger partial charge in [0.05, 0.1) is 16.3 Å². The standard InChI is InChI=1S/C18H15ClN6OS/c1-11-4-2-3-5-14(11)17-23-24-18(25(17)21)27-10-16(26)22-13-7-6-12(9-20)15(19)8-13/h2-8H,10,21H2,1H3,(H,22,26). The van der Waals surface area contributed by atoms with Crippen LogP contribution in [0.2, 0.25) is 5.02 Å². The molecule has 9 heteroatoms. The number of nitrogens with one attached hydrogen (secondary N) is 1. The lowest BCUT2D eigenvalue weighted by atomic mass is 10.1. The van der Waals surface area contributed by atoms with Gasteiger partial charge in [0.25, 0.3) is 0 Å². The summed E-state index contributed by atoms with van der Waals surface area (Å²) in [4.78, 5) is 12.2. The maximum Gasteiger partial charge on any atom is 0.234 e. The van der Waals surface area contributed by atoms with E-state index >= 15 is 0 Å². The number of nitriles is 1. The Bertz CT molecular complexity index is 1040. The number of nitrogens with zero attached hydrogens (tertiary/aromatic N) is 4. The molecule has 136 valence electrons. The van der Waals surface area contributed by atoms with Gasteiger partial charge in [-0.1, -0.05) is 47.6 Å². The van der Waals surface area contributed by atoms with E-state index < -0.39 is 0 Å². The topological polar surface area (TPSA) is 110 Å². The largest absolute Gasteiger partial charge is 0.335 e. The number of benzene rings is 2. The molecular formula is C18H15ClN6OS. The van der Waals surface area contributed by atoms with Crippen LogP contribution in [0.3, 0.4) is 0 Å². The van der Waals surface area contributed by atoms with E-state index in [1.165, 1.54) is 22.5 Å². The summed E-state index contributed by atoms with van der Waals surface area (Å²) in [7, 11) is 0. The van der Waals surface area contributed by atoms with E-state index in [4.69, 9.17) is 22.7 Å². The van der Waals surface area contributed by atoms with Crippen LogP contribution < -0.4 is 11.2 Å². The van der Waals surface area contributed by atoms with E-state index in [-0.39, 0.29) is 16.7 Å². The Balaban J connectivity index is 1.65. The highest BCUT2D eigenvalue weighted by Gasteiger charge is 2.15. The predicted octanol–water partition coefficient (Wildman–Crippen LogP) is 3.22. The van der Waals surface area contributed by atoms with Gasteiger partial charge in [0.15, 0.2) is 5.82 Å². The highest BCUT2D eigenvalue weighted by molar-refractivity contribution is 7.99. The second-order valence-corrected chi connectivity index (χ2v) is 6.98. The second-order valence-electron chi connectivity index (χ2n) is 5.63. The van der Waals surface area contributed by atoms with E-state index in [0.29, 0.717) is 22.2 Å². The highest BCUT2D eigenvalue weighted by atomic mass is 35.5. The van der Waals surface area contributed by atoms with Crippen molar-refractivity contribution in [3.8, 4) is 17.5 Å². The number of hydrogen-bond donors (Lipinski definition) is 2. The molecule has 0 radical (unpaired) electrons. The number of aromatic nitrogens is 3. The third-order valence-corrected chi connectivity index (χ3v) is 5.01. The molecule has 1 amide bonds. The van der Waals surface area contributed by atoms with Crippen molar-refractivity contribution in [1.29, 1.82) is 5.26 Å². The van der Waals surface area contributed by atoms with E-state index in [9.17, 15) is 4.79 Å². The van der Waals surface area contributed by atoms with E-state index in [1.54, 1.807) is 12.1 Å². The van der Waals surface area contributed by atoms with Crippen molar-refractivity contribution in [3.63, 3.8) is 0 Å². The molecule has 0 saturated carbocycles. The monoisotopic (exact) mass is 398 g/mol. The number of carbonyl (C=O) groups is 1. The molecule has 0 aliphatic heterocycles. The molecule has 0 aliphatic carbocycles. The number of rotatable bonds is 5. The van der Waals surface area contributed by atoms with Crippen LogP contribution in [-0.4, -0.2) is 26.5 Å². The van der Waals surface area contributed by atoms with Crippen LogP contribution in [0.4, 0.5) is 5.69 Å². The lowest BCUT2D eigenvalue weighted by molar-refractivity contribution is -0.113. The average Bonchev–Trinajstić information content (AvgIpc) is 3.01. The fourth-order valence-electron chi connectivity index (χ4n) is 2.39. The third kappa shape index (κ3) is 4.22. The SMILES string of the molecule is Cc1ccccc1-c1nnc(SCC(=O)Nc2ccc(C#N)c(Cl)c2)n1N. The molecule has 1 aromatic heterocycles. The molecule has 0 saturated heterocycles. The Morgan fingerprint density at radius 3 is 2.81 bits per heavy atom. The number of nitrogen functional groups attached to an aromatic ring is 1. The quantitative estimate of drug-likeness (QED) is 0.504. The van der Waals surface area contributed by atoms with Crippen molar-refractivity contribution in [2.45, 2.75) is 12.1 Å². The zero-order valence-corrected chi connectivity index (χ0v) is 15.9. The fraction of sp³-hybridized carbons (Fsp3) is 0.111. The first-order valence-electron chi connectivity index (χ1n) is 7.88. The van der Waals surface area contributed by atoms with Crippen molar-refractivity contribution in [1.82, 2.24) is 14.9 Å². The molecular weight excluding hydrogens is 384 g/mol. The number of amides is 1. The molecule has 0 aliphatic rings. The van der Waals surface area contributed by atoms with Gasteiger partial charge in [0, 0.05) is 11.3 Å². The van der Waals surface area contributed by atoms with Gasteiger partial charge >= 0.3 is 0 Å². The second kappa shape index (κ2) is 8.12. The predicted molar refractivity (Wildman–Crippen MR) is 106 cm³/mol. The molecule has 3 rings (SSSR count). The molecule has 1 heterocycles. The first-order chi connectivity index (χ1) is 13.0. The van der Waals surface area contributed by atoms with Crippen LogP contribution in [0, 0.1) is 18.3 Å². The van der Waals surface area contributed by atoms with Crippen molar-refractivity contribution in [3.05, 3.63) is 58.6 Å². The maximum atomic E-state index is 12.2. The average molecular weight is 399 g/mol. The van der Waals surface area contributed by atoms with Gasteiger partial charge in [0.2, 0.25) is 11.1 Å². The zero-order chi connectivity index (χ0) is 19.4. The molecule has 0 bridgehead atoms. The Labute approximate surface area is 165 Å². The van der Waals surface area contributed by atoms with E-state index in [1.807, 2.05) is 37.3 Å². The summed E-state index contributed by atoms with van der Waals surface area (Å²) in [6.07, 6.45) is 0. The molecule has 3 N–H and O–H groups in total. The fourth-order valence-corrected chi connectivity index (χ4v) is 3.27. The minimum absolute atomic E-state index is 0.0979. The smallest absolute Gasteiger partial charge is 0.234 e. The third-order valence-electron chi connectivity index (χ3n) is 3.76. The van der Waals surface area contributed by atoms with Gasteiger partial charge < -0.3 is 11.2 Å². The van der Waals surface area contributed by atoms with Crippen molar-refractivity contribution in [2.75, 3.05) is 16.9 Å². The summed E-state index contributed by atoms with van der Waals surface area (Å²) < 4.78 is 1.37. The number of nitrogens with two attached hydrogens (primary N) is 1. The van der Waals surface area contributed by atoms with Crippen LogP contribution in [0.1, 0.15) is 11.1 Å². The molecule has 7 nitrogen and oxygen atoms in total. The van der Waals surface area contributed by atoms with Gasteiger partial charge in [0.1, 0.15) is 6.07 Å². The van der Waals surface area contributed by atoms with E-state index in [2.05, 4.69) is 15.5 Å².